The molecule has 0 bridgehead atoms. The van der Waals surface area contributed by atoms with Crippen LogP contribution in [0.1, 0.15) is 46.6 Å². The van der Waals surface area contributed by atoms with Crippen LogP contribution in [0.4, 0.5) is 5.82 Å². The molecule has 0 aliphatic carbocycles. The van der Waals surface area contributed by atoms with E-state index in [0.29, 0.717) is 11.4 Å². The predicted molar refractivity (Wildman–Crippen MR) is 85.9 cm³/mol. The first kappa shape index (κ1) is 15.4. The normalized spacial score (nSPS) is 12.0. The second-order valence-electron chi connectivity index (χ2n) is 4.86. The van der Waals surface area contributed by atoms with Gasteiger partial charge in [0.2, 0.25) is 0 Å². The monoisotopic (exact) mass is 304 g/mol. The van der Waals surface area contributed by atoms with Gasteiger partial charge in [-0.1, -0.05) is 6.92 Å². The summed E-state index contributed by atoms with van der Waals surface area (Å²) in [7, 11) is 1.80. The molecule has 0 aliphatic heterocycles. The summed E-state index contributed by atoms with van der Waals surface area (Å²) in [6.07, 6.45) is 0.789. The number of hydrogen-bond donors (Lipinski definition) is 2. The number of aromatic nitrogens is 2. The summed E-state index contributed by atoms with van der Waals surface area (Å²) in [4.78, 5) is 21.2. The Bertz CT molecular complexity index is 616. The molecule has 5 nitrogen and oxygen atoms in total. The van der Waals surface area contributed by atoms with Crippen molar-refractivity contribution < 1.29 is 4.79 Å². The van der Waals surface area contributed by atoms with Crippen LogP contribution in [0.3, 0.4) is 0 Å². The van der Waals surface area contributed by atoms with E-state index in [2.05, 4.69) is 20.6 Å². The number of nitrogens with one attached hydrogen (secondary N) is 2. The van der Waals surface area contributed by atoms with Gasteiger partial charge in [0.15, 0.2) is 0 Å². The molecule has 0 aliphatic rings. The van der Waals surface area contributed by atoms with Crippen LogP contribution in [-0.4, -0.2) is 22.9 Å². The fraction of sp³-hybridized carbons (Fsp3) is 0.400. The molecule has 2 heterocycles. The smallest absolute Gasteiger partial charge is 0.252 e. The van der Waals surface area contributed by atoms with E-state index in [1.54, 1.807) is 24.5 Å². The molecule has 0 saturated heterocycles. The molecule has 0 radical (unpaired) electrons. The number of thiazole rings is 1. The van der Waals surface area contributed by atoms with E-state index >= 15 is 0 Å². The Kier molecular flexibility index (Phi) is 4.90. The van der Waals surface area contributed by atoms with Gasteiger partial charge in [-0.15, -0.1) is 11.3 Å². The highest BCUT2D eigenvalue weighted by Crippen LogP contribution is 2.18. The second-order valence-corrected chi connectivity index (χ2v) is 5.75. The number of rotatable bonds is 5. The van der Waals surface area contributed by atoms with Crippen molar-refractivity contribution in [2.24, 2.45) is 0 Å². The van der Waals surface area contributed by atoms with E-state index in [0.717, 1.165) is 22.8 Å². The zero-order valence-corrected chi connectivity index (χ0v) is 13.5. The Morgan fingerprint density at radius 3 is 2.71 bits per heavy atom. The number of anilines is 1. The average Bonchev–Trinajstić information content (AvgIpc) is 2.93. The summed E-state index contributed by atoms with van der Waals surface area (Å²) in [6.45, 7) is 5.91. The second kappa shape index (κ2) is 6.67. The average molecular weight is 304 g/mol. The molecule has 0 fully saturated rings. The largest absolute Gasteiger partial charge is 0.373 e. The lowest BCUT2D eigenvalue weighted by atomic mass is 10.1. The molecule has 0 aromatic carbocycles. The van der Waals surface area contributed by atoms with Crippen LogP contribution >= 0.6 is 11.3 Å². The van der Waals surface area contributed by atoms with E-state index in [-0.39, 0.29) is 11.9 Å². The van der Waals surface area contributed by atoms with Gasteiger partial charge in [0.1, 0.15) is 10.8 Å². The highest BCUT2D eigenvalue weighted by molar-refractivity contribution is 7.09. The van der Waals surface area contributed by atoms with Crippen molar-refractivity contribution in [2.75, 3.05) is 12.4 Å². The third kappa shape index (κ3) is 3.78. The van der Waals surface area contributed by atoms with Crippen LogP contribution in [0.5, 0.6) is 0 Å². The number of nitrogens with zero attached hydrogens (tertiary/aromatic N) is 2. The first-order valence-corrected chi connectivity index (χ1v) is 7.83. The summed E-state index contributed by atoms with van der Waals surface area (Å²) in [5, 5.41) is 8.87. The summed E-state index contributed by atoms with van der Waals surface area (Å²) in [6, 6.07) is 3.48. The topological polar surface area (TPSA) is 66.9 Å². The standard InChI is InChI=1S/C15H20N4OS/c1-5-12-6-11(7-13(16-4)19-12)14(20)18-10(3)15-17-9(2)8-21-15/h6-8,10H,5H2,1-4H3,(H,16,19)(H,18,20). The SMILES string of the molecule is CCc1cc(C(=O)NC(C)c2nc(C)cs2)cc(NC)n1. The molecule has 1 unspecified atom stereocenters. The van der Waals surface area contributed by atoms with E-state index in [1.807, 2.05) is 32.2 Å². The van der Waals surface area contributed by atoms with Crippen LogP contribution in [0.15, 0.2) is 17.5 Å². The van der Waals surface area contributed by atoms with Crippen molar-refractivity contribution in [1.29, 1.82) is 0 Å². The minimum absolute atomic E-state index is 0.104. The molecule has 2 aromatic heterocycles. The third-order valence-electron chi connectivity index (χ3n) is 3.11. The predicted octanol–water partition coefficient (Wildman–Crippen LogP) is 2.94. The van der Waals surface area contributed by atoms with Crippen molar-refractivity contribution in [3.8, 4) is 0 Å². The van der Waals surface area contributed by atoms with Crippen LogP contribution < -0.4 is 10.6 Å². The third-order valence-corrected chi connectivity index (χ3v) is 4.26. The summed E-state index contributed by atoms with van der Waals surface area (Å²) >= 11 is 1.56. The lowest BCUT2D eigenvalue weighted by Gasteiger charge is -2.12. The van der Waals surface area contributed by atoms with Gasteiger partial charge in [0.05, 0.1) is 6.04 Å². The Hall–Kier alpha value is -1.95. The fourth-order valence-corrected chi connectivity index (χ4v) is 2.74. The van der Waals surface area contributed by atoms with Crippen molar-refractivity contribution in [1.82, 2.24) is 15.3 Å². The summed E-state index contributed by atoms with van der Waals surface area (Å²) in [5.41, 5.74) is 2.49. The first-order valence-electron chi connectivity index (χ1n) is 6.95. The molecule has 2 N–H and O–H groups in total. The van der Waals surface area contributed by atoms with Gasteiger partial charge < -0.3 is 10.6 Å². The highest BCUT2D eigenvalue weighted by Gasteiger charge is 2.15. The molecule has 0 spiro atoms. The maximum Gasteiger partial charge on any atom is 0.252 e. The van der Waals surface area contributed by atoms with Crippen LogP contribution in [-0.2, 0) is 6.42 Å². The number of amides is 1. The Balaban J connectivity index is 2.16. The van der Waals surface area contributed by atoms with Gasteiger partial charge in [-0.3, -0.25) is 4.79 Å². The number of pyridine rings is 1. The van der Waals surface area contributed by atoms with Crippen molar-refractivity contribution in [3.63, 3.8) is 0 Å². The van der Waals surface area contributed by atoms with Crippen molar-refractivity contribution in [2.45, 2.75) is 33.2 Å². The molecule has 2 aromatic rings. The quantitative estimate of drug-likeness (QED) is 0.891. The Morgan fingerprint density at radius 1 is 1.38 bits per heavy atom. The van der Waals surface area contributed by atoms with E-state index in [1.165, 1.54) is 0 Å². The molecule has 6 heteroatoms. The van der Waals surface area contributed by atoms with Crippen molar-refractivity contribution >= 4 is 23.1 Å². The Morgan fingerprint density at radius 2 is 2.14 bits per heavy atom. The molecule has 1 amide bonds. The van der Waals surface area contributed by atoms with Gasteiger partial charge >= 0.3 is 0 Å². The van der Waals surface area contributed by atoms with Gasteiger partial charge in [-0.05, 0) is 32.4 Å². The summed E-state index contributed by atoms with van der Waals surface area (Å²) in [5.74, 6) is 0.598. The minimum Gasteiger partial charge on any atom is -0.373 e. The highest BCUT2D eigenvalue weighted by atomic mass is 32.1. The van der Waals surface area contributed by atoms with E-state index in [9.17, 15) is 4.79 Å². The number of hydrogen-bond acceptors (Lipinski definition) is 5. The fourth-order valence-electron chi connectivity index (χ4n) is 1.94. The van der Waals surface area contributed by atoms with Gasteiger partial charge in [-0.25, -0.2) is 9.97 Å². The molecular formula is C15H20N4OS. The number of aryl methyl sites for hydroxylation is 2. The van der Waals surface area contributed by atoms with Crippen LogP contribution in [0, 0.1) is 6.92 Å². The zero-order chi connectivity index (χ0) is 15.4. The minimum atomic E-state index is -0.107. The maximum absolute atomic E-state index is 12.4. The number of carbonyl (C=O) groups is 1. The van der Waals surface area contributed by atoms with Crippen LogP contribution in [0.2, 0.25) is 0 Å². The lowest BCUT2D eigenvalue weighted by molar-refractivity contribution is 0.0939. The zero-order valence-electron chi connectivity index (χ0n) is 12.7. The molecule has 1 atom stereocenters. The van der Waals surface area contributed by atoms with Gasteiger partial charge in [0, 0.05) is 29.4 Å². The van der Waals surface area contributed by atoms with E-state index < -0.39 is 0 Å². The molecule has 112 valence electrons. The molecule has 21 heavy (non-hydrogen) atoms. The van der Waals surface area contributed by atoms with Gasteiger partial charge in [-0.2, -0.15) is 0 Å². The number of carbonyl (C=O) groups excluding carboxylic acids is 1. The lowest BCUT2D eigenvalue weighted by Crippen LogP contribution is -2.27. The maximum atomic E-state index is 12.4. The van der Waals surface area contributed by atoms with Crippen molar-refractivity contribution in [3.05, 3.63) is 39.5 Å². The van der Waals surface area contributed by atoms with E-state index in [4.69, 9.17) is 0 Å². The first-order chi connectivity index (χ1) is 10.0. The van der Waals surface area contributed by atoms with Gasteiger partial charge in [0.25, 0.3) is 5.91 Å². The Labute approximate surface area is 128 Å². The molecular weight excluding hydrogens is 284 g/mol. The summed E-state index contributed by atoms with van der Waals surface area (Å²) < 4.78 is 0. The molecule has 2 rings (SSSR count). The van der Waals surface area contributed by atoms with Crippen LogP contribution in [0.25, 0.3) is 0 Å². The molecule has 0 saturated carbocycles.